The van der Waals surface area contributed by atoms with Crippen molar-refractivity contribution in [1.29, 1.82) is 0 Å². The van der Waals surface area contributed by atoms with E-state index in [0.29, 0.717) is 25.6 Å². The molecule has 2 heterocycles. The number of hydrogen-bond acceptors (Lipinski definition) is 3. The number of rotatable bonds is 4. The Morgan fingerprint density at radius 3 is 2.42 bits per heavy atom. The third kappa shape index (κ3) is 4.15. The van der Waals surface area contributed by atoms with E-state index in [2.05, 4.69) is 23.9 Å². The molecule has 2 fully saturated rings. The molecule has 2 aliphatic rings. The Labute approximate surface area is 117 Å². The monoisotopic (exact) mass is 289 g/mol. The van der Waals surface area contributed by atoms with Crippen LogP contribution < -0.4 is 10.0 Å². The molecule has 0 aliphatic carbocycles. The maximum absolute atomic E-state index is 12.3. The Bertz CT molecular complexity index is 383. The molecule has 0 radical (unpaired) electrons. The third-order valence-electron chi connectivity index (χ3n) is 4.57. The van der Waals surface area contributed by atoms with E-state index in [0.717, 1.165) is 38.8 Å². The van der Waals surface area contributed by atoms with E-state index in [1.807, 2.05) is 0 Å². The van der Waals surface area contributed by atoms with Gasteiger partial charge in [0.05, 0.1) is 0 Å². The normalized spacial score (nSPS) is 26.4. The van der Waals surface area contributed by atoms with E-state index in [9.17, 15) is 8.42 Å². The zero-order chi connectivity index (χ0) is 13.9. The lowest BCUT2D eigenvalue weighted by Crippen LogP contribution is -2.49. The second-order valence-corrected chi connectivity index (χ2v) is 8.22. The Morgan fingerprint density at radius 2 is 1.84 bits per heavy atom. The number of nitrogens with one attached hydrogen (secondary N) is 2. The van der Waals surface area contributed by atoms with Crippen LogP contribution in [0.4, 0.5) is 0 Å². The molecule has 0 bridgehead atoms. The fourth-order valence-corrected chi connectivity index (χ4v) is 4.19. The molecular weight excluding hydrogens is 262 g/mol. The summed E-state index contributed by atoms with van der Waals surface area (Å²) < 4.78 is 29.0. The van der Waals surface area contributed by atoms with Crippen LogP contribution in [0.2, 0.25) is 0 Å². The van der Waals surface area contributed by atoms with Crippen LogP contribution in [-0.2, 0) is 10.2 Å². The minimum absolute atomic E-state index is 0.0986. The summed E-state index contributed by atoms with van der Waals surface area (Å²) in [5.74, 6) is 0.647. The minimum Gasteiger partial charge on any atom is -0.317 e. The molecule has 0 aromatic rings. The second kappa shape index (κ2) is 6.08. The molecule has 5 nitrogen and oxygen atoms in total. The molecule has 2 saturated heterocycles. The first-order chi connectivity index (χ1) is 8.91. The molecule has 112 valence electrons. The third-order valence-corrected chi connectivity index (χ3v) is 6.13. The summed E-state index contributed by atoms with van der Waals surface area (Å²) in [5.41, 5.74) is 0.0986. The van der Waals surface area contributed by atoms with Gasteiger partial charge in [-0.25, -0.2) is 4.72 Å². The average Bonchev–Trinajstić information content (AvgIpc) is 2.38. The smallest absolute Gasteiger partial charge is 0.279 e. The highest BCUT2D eigenvalue weighted by Gasteiger charge is 2.31. The van der Waals surface area contributed by atoms with Gasteiger partial charge in [-0.3, -0.25) is 0 Å². The lowest BCUT2D eigenvalue weighted by atomic mass is 9.81. The van der Waals surface area contributed by atoms with Crippen molar-refractivity contribution in [1.82, 2.24) is 14.3 Å². The van der Waals surface area contributed by atoms with Gasteiger partial charge < -0.3 is 5.32 Å². The average molecular weight is 289 g/mol. The number of nitrogens with zero attached hydrogens (tertiary/aromatic N) is 1. The van der Waals surface area contributed by atoms with Crippen molar-refractivity contribution >= 4 is 10.2 Å². The summed E-state index contributed by atoms with van der Waals surface area (Å²) in [7, 11) is -3.28. The topological polar surface area (TPSA) is 61.4 Å². The first kappa shape index (κ1) is 15.2. The van der Waals surface area contributed by atoms with Gasteiger partial charge in [-0.2, -0.15) is 12.7 Å². The van der Waals surface area contributed by atoms with Crippen LogP contribution in [0, 0.1) is 11.3 Å². The van der Waals surface area contributed by atoms with Gasteiger partial charge in [-0.1, -0.05) is 13.8 Å². The molecule has 0 saturated carbocycles. The first-order valence-corrected chi connectivity index (χ1v) is 8.81. The summed E-state index contributed by atoms with van der Waals surface area (Å²) >= 11 is 0. The Morgan fingerprint density at radius 1 is 1.26 bits per heavy atom. The molecule has 0 amide bonds. The molecule has 2 rings (SSSR count). The maximum Gasteiger partial charge on any atom is 0.279 e. The van der Waals surface area contributed by atoms with Crippen LogP contribution in [0.25, 0.3) is 0 Å². The summed E-state index contributed by atoms with van der Waals surface area (Å²) in [6.07, 6.45) is 4.02. The van der Waals surface area contributed by atoms with E-state index in [1.165, 1.54) is 0 Å². The SMILES string of the molecule is CC1CCN(S(=O)(=O)NCC2(C)CCNCC2)CC1. The second-order valence-electron chi connectivity index (χ2n) is 6.47. The van der Waals surface area contributed by atoms with Gasteiger partial charge in [-0.05, 0) is 50.1 Å². The van der Waals surface area contributed by atoms with E-state index >= 15 is 0 Å². The number of hydrogen-bond donors (Lipinski definition) is 2. The van der Waals surface area contributed by atoms with E-state index in [4.69, 9.17) is 0 Å². The largest absolute Gasteiger partial charge is 0.317 e. The van der Waals surface area contributed by atoms with Crippen molar-refractivity contribution in [3.63, 3.8) is 0 Å². The van der Waals surface area contributed by atoms with Gasteiger partial charge in [0.2, 0.25) is 0 Å². The maximum atomic E-state index is 12.3. The molecule has 0 aromatic heterocycles. The fourth-order valence-electron chi connectivity index (χ4n) is 2.79. The standard InChI is InChI=1S/C13H27N3O2S/c1-12-3-9-16(10-4-12)19(17,18)15-11-13(2)5-7-14-8-6-13/h12,14-15H,3-11H2,1-2H3. The summed E-state index contributed by atoms with van der Waals surface area (Å²) in [6.45, 7) is 8.22. The molecule has 0 aromatic carbocycles. The predicted octanol–water partition coefficient (Wildman–Crippen LogP) is 0.942. The van der Waals surface area contributed by atoms with E-state index in [1.54, 1.807) is 4.31 Å². The minimum atomic E-state index is -3.28. The van der Waals surface area contributed by atoms with Crippen molar-refractivity contribution in [3.05, 3.63) is 0 Å². The fraction of sp³-hybridized carbons (Fsp3) is 1.00. The summed E-state index contributed by atoms with van der Waals surface area (Å²) in [4.78, 5) is 0. The van der Waals surface area contributed by atoms with Crippen molar-refractivity contribution in [2.24, 2.45) is 11.3 Å². The van der Waals surface area contributed by atoms with E-state index in [-0.39, 0.29) is 5.41 Å². The summed E-state index contributed by atoms with van der Waals surface area (Å²) in [6, 6.07) is 0. The van der Waals surface area contributed by atoms with Gasteiger partial charge in [0, 0.05) is 19.6 Å². The van der Waals surface area contributed by atoms with Crippen LogP contribution in [0.15, 0.2) is 0 Å². The lowest BCUT2D eigenvalue weighted by molar-refractivity contribution is 0.227. The highest BCUT2D eigenvalue weighted by Crippen LogP contribution is 2.27. The molecule has 2 aliphatic heterocycles. The molecular formula is C13H27N3O2S. The predicted molar refractivity (Wildman–Crippen MR) is 77.1 cm³/mol. The quantitative estimate of drug-likeness (QED) is 0.810. The van der Waals surface area contributed by atoms with Crippen LogP contribution in [0.1, 0.15) is 39.5 Å². The van der Waals surface area contributed by atoms with Gasteiger partial charge in [0.15, 0.2) is 0 Å². The van der Waals surface area contributed by atoms with E-state index < -0.39 is 10.2 Å². The Hall–Kier alpha value is -0.170. The van der Waals surface area contributed by atoms with Crippen LogP contribution in [-0.4, -0.2) is 45.4 Å². The molecule has 2 N–H and O–H groups in total. The van der Waals surface area contributed by atoms with Crippen molar-refractivity contribution < 1.29 is 8.42 Å². The lowest BCUT2D eigenvalue weighted by Gasteiger charge is -2.35. The van der Waals surface area contributed by atoms with Gasteiger partial charge in [-0.15, -0.1) is 0 Å². The van der Waals surface area contributed by atoms with Gasteiger partial charge in [0.25, 0.3) is 10.2 Å². The van der Waals surface area contributed by atoms with Crippen LogP contribution in [0.3, 0.4) is 0 Å². The zero-order valence-electron chi connectivity index (χ0n) is 12.1. The van der Waals surface area contributed by atoms with Gasteiger partial charge in [0.1, 0.15) is 0 Å². The van der Waals surface area contributed by atoms with Crippen LogP contribution in [0.5, 0.6) is 0 Å². The van der Waals surface area contributed by atoms with Crippen molar-refractivity contribution in [3.8, 4) is 0 Å². The molecule has 19 heavy (non-hydrogen) atoms. The Balaban J connectivity index is 1.87. The Kier molecular flexibility index (Phi) is 4.87. The highest BCUT2D eigenvalue weighted by atomic mass is 32.2. The zero-order valence-corrected chi connectivity index (χ0v) is 12.9. The highest BCUT2D eigenvalue weighted by molar-refractivity contribution is 7.87. The van der Waals surface area contributed by atoms with Gasteiger partial charge >= 0.3 is 0 Å². The van der Waals surface area contributed by atoms with Crippen LogP contribution >= 0.6 is 0 Å². The summed E-state index contributed by atoms with van der Waals surface area (Å²) in [5, 5.41) is 3.32. The molecule has 0 spiro atoms. The van der Waals surface area contributed by atoms with Crippen molar-refractivity contribution in [2.45, 2.75) is 39.5 Å². The first-order valence-electron chi connectivity index (χ1n) is 7.37. The number of piperidine rings is 2. The molecule has 0 atom stereocenters. The van der Waals surface area contributed by atoms with Crippen molar-refractivity contribution in [2.75, 3.05) is 32.7 Å². The molecule has 0 unspecified atom stereocenters. The molecule has 6 heteroatoms.